The van der Waals surface area contributed by atoms with Gasteiger partial charge in [0, 0.05) is 9.26 Å². The van der Waals surface area contributed by atoms with E-state index in [0.29, 0.717) is 20.2 Å². The first-order chi connectivity index (χ1) is 15.2. The van der Waals surface area contributed by atoms with Gasteiger partial charge in [-0.15, -0.1) is 0 Å². The molecule has 0 aliphatic heterocycles. The van der Waals surface area contributed by atoms with Crippen molar-refractivity contribution in [2.75, 3.05) is 5.32 Å². The number of rotatable bonds is 6. The Bertz CT molecular complexity index is 1330. The lowest BCUT2D eigenvalue weighted by molar-refractivity contribution is -0.112. The second-order valence-corrected chi connectivity index (χ2v) is 10.8. The minimum absolute atomic E-state index is 0.0155. The van der Waals surface area contributed by atoms with Crippen LogP contribution in [0.5, 0.6) is 5.75 Å². The fraction of sp³-hybridized carbons (Fsp3) is 0. The summed E-state index contributed by atoms with van der Waals surface area (Å²) in [6, 6.07) is 19.9. The lowest BCUT2D eigenvalue weighted by Gasteiger charge is -2.11. The van der Waals surface area contributed by atoms with E-state index in [9.17, 15) is 18.5 Å². The van der Waals surface area contributed by atoms with E-state index in [1.165, 1.54) is 18.2 Å². The lowest BCUT2D eigenvalue weighted by Crippen LogP contribution is -2.13. The molecule has 3 rings (SSSR count). The Balaban J connectivity index is 1.87. The normalized spacial score (nSPS) is 11.5. The Morgan fingerprint density at radius 2 is 1.69 bits per heavy atom. The van der Waals surface area contributed by atoms with E-state index in [1.54, 1.807) is 48.5 Å². The highest BCUT2D eigenvalue weighted by molar-refractivity contribution is 14.1. The minimum Gasteiger partial charge on any atom is -0.377 e. The molecule has 0 unspecified atom stereocenters. The number of benzene rings is 3. The van der Waals surface area contributed by atoms with Crippen molar-refractivity contribution in [1.82, 2.24) is 0 Å². The summed E-state index contributed by atoms with van der Waals surface area (Å²) in [6.45, 7) is 0. The van der Waals surface area contributed by atoms with Gasteiger partial charge in [-0.2, -0.15) is 13.7 Å². The summed E-state index contributed by atoms with van der Waals surface area (Å²) in [5.41, 5.74) is 0.941. The van der Waals surface area contributed by atoms with Gasteiger partial charge in [-0.25, -0.2) is 0 Å². The number of anilines is 1. The van der Waals surface area contributed by atoms with Gasteiger partial charge in [-0.3, -0.25) is 4.79 Å². The van der Waals surface area contributed by atoms with E-state index in [2.05, 4.69) is 59.8 Å². The van der Waals surface area contributed by atoms with Crippen LogP contribution >= 0.6 is 54.5 Å². The van der Waals surface area contributed by atoms with E-state index < -0.39 is 16.0 Å². The number of hydrogen-bond acceptors (Lipinski definition) is 5. The van der Waals surface area contributed by atoms with Crippen LogP contribution in [-0.2, 0) is 14.9 Å². The molecule has 0 aromatic heterocycles. The van der Waals surface area contributed by atoms with Gasteiger partial charge >= 0.3 is 10.1 Å². The third-order valence-electron chi connectivity index (χ3n) is 4.00. The first kappa shape index (κ1) is 24.4. The number of nitrogens with one attached hydrogen (secondary N) is 1. The molecule has 1 N–H and O–H groups in total. The monoisotopic (exact) mass is 686 g/mol. The zero-order valence-corrected chi connectivity index (χ0v) is 22.2. The number of hydrogen-bond donors (Lipinski definition) is 1. The second kappa shape index (κ2) is 10.6. The van der Waals surface area contributed by atoms with Crippen LogP contribution in [0.25, 0.3) is 6.08 Å². The van der Waals surface area contributed by atoms with E-state index in [0.717, 1.165) is 3.57 Å². The van der Waals surface area contributed by atoms with Crippen molar-refractivity contribution >= 4 is 82.2 Å². The smallest absolute Gasteiger partial charge is 0.339 e. The number of nitriles is 1. The Morgan fingerprint density at radius 3 is 2.28 bits per heavy atom. The van der Waals surface area contributed by atoms with Gasteiger partial charge in [0.25, 0.3) is 5.91 Å². The van der Waals surface area contributed by atoms with E-state index in [-0.39, 0.29) is 16.2 Å². The summed E-state index contributed by atoms with van der Waals surface area (Å²) in [5.74, 6) is -0.512. The molecule has 3 aromatic rings. The fourth-order valence-electron chi connectivity index (χ4n) is 2.57. The molecule has 0 saturated heterocycles. The van der Waals surface area contributed by atoms with Crippen molar-refractivity contribution in [3.8, 4) is 11.8 Å². The summed E-state index contributed by atoms with van der Waals surface area (Å²) >= 11 is 8.73. The first-order valence-electron chi connectivity index (χ1n) is 8.87. The molecule has 0 heterocycles. The third-order valence-corrected chi connectivity index (χ3v) is 7.09. The van der Waals surface area contributed by atoms with Crippen molar-refractivity contribution in [1.29, 1.82) is 5.26 Å². The molecule has 0 saturated carbocycles. The Morgan fingerprint density at radius 1 is 1.03 bits per heavy atom. The Labute approximate surface area is 215 Å². The average molecular weight is 688 g/mol. The van der Waals surface area contributed by atoms with Crippen LogP contribution in [0.1, 0.15) is 5.56 Å². The molecule has 0 spiro atoms. The molecule has 0 bridgehead atoms. The summed E-state index contributed by atoms with van der Waals surface area (Å²) in [6.07, 6.45) is 1.40. The zero-order valence-electron chi connectivity index (χ0n) is 16.1. The highest BCUT2D eigenvalue weighted by Gasteiger charge is 2.20. The minimum atomic E-state index is -4.04. The predicted octanol–water partition coefficient (Wildman–Crippen LogP) is 6.13. The standard InChI is InChI=1S/C22H13Br2IN2O4S/c23-19-10-14(9-15(13-26)22(28)27-17-6-4-5-16(25)12-17)11-20(24)21(19)31-32(29,30)18-7-2-1-3-8-18/h1-12H,(H,27,28)/b15-9+. The molecule has 3 aromatic carbocycles. The zero-order chi connectivity index (χ0) is 23.3. The summed E-state index contributed by atoms with van der Waals surface area (Å²) < 4.78 is 31.9. The molecule has 0 aliphatic rings. The van der Waals surface area contributed by atoms with E-state index >= 15 is 0 Å². The maximum absolute atomic E-state index is 12.5. The van der Waals surface area contributed by atoms with Crippen LogP contribution in [-0.4, -0.2) is 14.3 Å². The van der Waals surface area contributed by atoms with Gasteiger partial charge in [-0.05, 0) is 109 Å². The van der Waals surface area contributed by atoms with Crippen molar-refractivity contribution in [2.45, 2.75) is 4.90 Å². The number of halogens is 3. The van der Waals surface area contributed by atoms with Gasteiger partial charge in [-0.1, -0.05) is 24.3 Å². The molecule has 0 radical (unpaired) electrons. The molecule has 1 amide bonds. The van der Waals surface area contributed by atoms with Crippen LogP contribution < -0.4 is 9.50 Å². The molecular weight excluding hydrogens is 675 g/mol. The number of carbonyl (C=O) groups is 1. The van der Waals surface area contributed by atoms with Gasteiger partial charge in [0.15, 0.2) is 5.75 Å². The van der Waals surface area contributed by atoms with Crippen LogP contribution in [0.15, 0.2) is 86.1 Å². The van der Waals surface area contributed by atoms with E-state index in [1.807, 2.05) is 12.1 Å². The van der Waals surface area contributed by atoms with Gasteiger partial charge < -0.3 is 9.50 Å². The highest BCUT2D eigenvalue weighted by Crippen LogP contribution is 2.37. The van der Waals surface area contributed by atoms with Gasteiger partial charge in [0.1, 0.15) is 16.5 Å². The van der Waals surface area contributed by atoms with E-state index in [4.69, 9.17) is 4.18 Å². The van der Waals surface area contributed by atoms with Crippen molar-refractivity contribution in [2.24, 2.45) is 0 Å². The van der Waals surface area contributed by atoms with Crippen molar-refractivity contribution < 1.29 is 17.4 Å². The molecule has 162 valence electrons. The van der Waals surface area contributed by atoms with Crippen molar-refractivity contribution in [3.05, 3.63) is 90.4 Å². The molecular formula is C22H13Br2IN2O4S. The fourth-order valence-corrected chi connectivity index (χ4v) is 5.69. The molecule has 32 heavy (non-hydrogen) atoms. The van der Waals surface area contributed by atoms with Gasteiger partial charge in [0.05, 0.1) is 8.95 Å². The molecule has 6 nitrogen and oxygen atoms in total. The Kier molecular flexibility index (Phi) is 8.10. The summed E-state index contributed by atoms with van der Waals surface area (Å²) in [7, 11) is -4.04. The Hall–Kier alpha value is -2.20. The lowest BCUT2D eigenvalue weighted by atomic mass is 10.1. The largest absolute Gasteiger partial charge is 0.377 e. The SMILES string of the molecule is N#C/C(=C\c1cc(Br)c(OS(=O)(=O)c2ccccc2)c(Br)c1)C(=O)Nc1cccc(I)c1. The quantitative estimate of drug-likeness (QED) is 0.146. The van der Waals surface area contributed by atoms with Crippen LogP contribution in [0.4, 0.5) is 5.69 Å². The number of nitrogens with zero attached hydrogens (tertiary/aromatic N) is 1. The average Bonchev–Trinajstić information content (AvgIpc) is 2.75. The first-order valence-corrected chi connectivity index (χ1v) is 12.9. The highest BCUT2D eigenvalue weighted by atomic mass is 127. The number of carbonyl (C=O) groups excluding carboxylic acids is 1. The second-order valence-electron chi connectivity index (χ2n) is 6.30. The van der Waals surface area contributed by atoms with Gasteiger partial charge in [0.2, 0.25) is 0 Å². The number of amides is 1. The predicted molar refractivity (Wildman–Crippen MR) is 137 cm³/mol. The summed E-state index contributed by atoms with van der Waals surface area (Å²) in [5, 5.41) is 12.1. The molecule has 0 aliphatic carbocycles. The van der Waals surface area contributed by atoms with Crippen LogP contribution in [0, 0.1) is 14.9 Å². The third kappa shape index (κ3) is 6.19. The maximum Gasteiger partial charge on any atom is 0.339 e. The molecule has 0 atom stereocenters. The molecule has 0 fully saturated rings. The van der Waals surface area contributed by atoms with Crippen LogP contribution in [0.3, 0.4) is 0 Å². The van der Waals surface area contributed by atoms with Crippen LogP contribution in [0.2, 0.25) is 0 Å². The topological polar surface area (TPSA) is 96.3 Å². The maximum atomic E-state index is 12.5. The molecule has 10 heteroatoms. The summed E-state index contributed by atoms with van der Waals surface area (Å²) in [4.78, 5) is 12.5. The van der Waals surface area contributed by atoms with Crippen molar-refractivity contribution in [3.63, 3.8) is 0 Å².